The molecule has 1 aliphatic heterocycles. The van der Waals surface area contributed by atoms with Crippen molar-refractivity contribution in [1.82, 2.24) is 29.1 Å². The normalized spacial score (nSPS) is 13.6. The number of aromatic nitrogens is 6. The molecule has 0 N–H and O–H groups in total. The van der Waals surface area contributed by atoms with Crippen LogP contribution in [0.4, 0.5) is 5.95 Å². The SMILES string of the molecule is CC(C)(C#N)c1ccc(-n2c(=O)n(COP(=O)([O-])[O-])c(=O)c3cnc4ccc(-c5cnc(N6CCOCC6)nc5)nc4c32)cc1.[Na+].[Na+]. The summed E-state index contributed by atoms with van der Waals surface area (Å²) in [5, 5.41) is 9.49. The van der Waals surface area contributed by atoms with Gasteiger partial charge in [0.2, 0.25) is 5.95 Å². The third-order valence-corrected chi connectivity index (χ3v) is 7.94. The van der Waals surface area contributed by atoms with Crippen molar-refractivity contribution in [3.63, 3.8) is 0 Å². The van der Waals surface area contributed by atoms with E-state index >= 15 is 0 Å². The minimum atomic E-state index is -5.53. The molecule has 18 heteroatoms. The van der Waals surface area contributed by atoms with Crippen LogP contribution >= 0.6 is 7.82 Å². The van der Waals surface area contributed by atoms with Crippen molar-refractivity contribution in [3.8, 4) is 23.0 Å². The summed E-state index contributed by atoms with van der Waals surface area (Å²) in [6.45, 7) is 4.86. The van der Waals surface area contributed by atoms with Crippen molar-refractivity contribution >= 4 is 35.7 Å². The molecule has 47 heavy (non-hydrogen) atoms. The standard InChI is InChI=1S/C29H27N8O7P.2Na/c1-29(2,16-30)19-3-5-20(6-4-19)37-25-21(26(38)36(28(37)39)17-44-45(40,41)42)15-31-23-8-7-22(34-24(23)25)18-13-32-27(33-14-18)35-9-11-43-12-10-35;;/h3-8,13-15H,9-12,17H2,1-2H3,(H2,40,41,42);;/q;2*+1/p-2. The van der Waals surface area contributed by atoms with E-state index in [0.29, 0.717) is 59.2 Å². The van der Waals surface area contributed by atoms with Gasteiger partial charge in [-0.25, -0.2) is 24.3 Å². The first-order valence-electron chi connectivity index (χ1n) is 13.8. The van der Waals surface area contributed by atoms with Gasteiger partial charge in [-0.3, -0.25) is 14.3 Å². The Bertz CT molecular complexity index is 2140. The van der Waals surface area contributed by atoms with Crippen LogP contribution in [-0.4, -0.2) is 55.4 Å². The van der Waals surface area contributed by atoms with Crippen LogP contribution < -0.4 is 85.1 Å². The summed E-state index contributed by atoms with van der Waals surface area (Å²) in [6.07, 6.45) is 4.50. The van der Waals surface area contributed by atoms with Gasteiger partial charge in [-0.05, 0) is 43.7 Å². The van der Waals surface area contributed by atoms with Crippen LogP contribution in [-0.2, 0) is 26.0 Å². The monoisotopic (exact) mass is 674 g/mol. The quantitative estimate of drug-likeness (QED) is 0.0903. The first kappa shape index (κ1) is 37.0. The first-order valence-corrected chi connectivity index (χ1v) is 15.2. The Morgan fingerprint density at radius 2 is 1.66 bits per heavy atom. The molecule has 0 unspecified atom stereocenters. The van der Waals surface area contributed by atoms with Gasteiger partial charge in [0.15, 0.2) is 0 Å². The van der Waals surface area contributed by atoms with Crippen LogP contribution in [0.2, 0.25) is 0 Å². The molecule has 5 heterocycles. The van der Waals surface area contributed by atoms with Crippen molar-refractivity contribution in [2.75, 3.05) is 31.2 Å². The number of nitriles is 1. The van der Waals surface area contributed by atoms with E-state index in [2.05, 4.69) is 25.5 Å². The van der Waals surface area contributed by atoms with Crippen LogP contribution in [0.3, 0.4) is 0 Å². The van der Waals surface area contributed by atoms with Crippen LogP contribution in [0, 0.1) is 11.3 Å². The number of hydrogen-bond acceptors (Lipinski definition) is 13. The van der Waals surface area contributed by atoms with Gasteiger partial charge < -0.3 is 28.5 Å². The van der Waals surface area contributed by atoms with E-state index in [9.17, 15) is 29.2 Å². The smallest absolute Gasteiger partial charge is 0.790 e. The second-order valence-electron chi connectivity index (χ2n) is 10.8. The molecule has 0 saturated carbocycles. The third kappa shape index (κ3) is 7.59. The largest absolute Gasteiger partial charge is 1.00 e. The molecule has 15 nitrogen and oxygen atoms in total. The number of phosphoric acid groups is 1. The number of hydrogen-bond donors (Lipinski definition) is 0. The predicted molar refractivity (Wildman–Crippen MR) is 158 cm³/mol. The maximum Gasteiger partial charge on any atom is 1.00 e. The van der Waals surface area contributed by atoms with Gasteiger partial charge in [0.05, 0.1) is 60.3 Å². The van der Waals surface area contributed by atoms with E-state index in [1.54, 1.807) is 62.6 Å². The van der Waals surface area contributed by atoms with Gasteiger partial charge in [-0.2, -0.15) is 5.26 Å². The van der Waals surface area contributed by atoms with Crippen molar-refractivity contribution in [2.45, 2.75) is 26.0 Å². The molecule has 0 spiro atoms. The number of anilines is 1. The molecule has 4 aromatic heterocycles. The average Bonchev–Trinajstić information content (AvgIpc) is 3.04. The van der Waals surface area contributed by atoms with Gasteiger partial charge in [0.25, 0.3) is 5.56 Å². The Morgan fingerprint density at radius 1 is 1.00 bits per heavy atom. The minimum Gasteiger partial charge on any atom is -0.790 e. The van der Waals surface area contributed by atoms with Gasteiger partial charge in [0, 0.05) is 37.2 Å². The maximum absolute atomic E-state index is 13.9. The molecule has 1 saturated heterocycles. The summed E-state index contributed by atoms with van der Waals surface area (Å²) >= 11 is 0. The molecule has 0 atom stereocenters. The summed E-state index contributed by atoms with van der Waals surface area (Å²) in [7, 11) is -5.53. The van der Waals surface area contributed by atoms with Crippen LogP contribution in [0.15, 0.2) is 64.6 Å². The first-order chi connectivity index (χ1) is 21.5. The Labute approximate surface area is 312 Å². The summed E-state index contributed by atoms with van der Waals surface area (Å²) in [6, 6.07) is 12.1. The molecule has 0 radical (unpaired) electrons. The number of fused-ring (bicyclic) bond motifs is 3. The summed E-state index contributed by atoms with van der Waals surface area (Å²) < 4.78 is 22.6. The van der Waals surface area contributed by atoms with Crippen molar-refractivity contribution in [3.05, 3.63) is 81.4 Å². The van der Waals surface area contributed by atoms with Gasteiger partial charge in [0.1, 0.15) is 12.2 Å². The van der Waals surface area contributed by atoms with E-state index in [1.165, 1.54) is 10.8 Å². The average molecular weight is 675 g/mol. The predicted octanol–water partition coefficient (Wildman–Crippen LogP) is -5.00. The Hall–Kier alpha value is -2.84. The van der Waals surface area contributed by atoms with Gasteiger partial charge >= 0.3 is 64.8 Å². The van der Waals surface area contributed by atoms with Gasteiger partial charge in [-0.1, -0.05) is 12.1 Å². The molecule has 5 aromatic rings. The Morgan fingerprint density at radius 3 is 2.28 bits per heavy atom. The van der Waals surface area contributed by atoms with E-state index < -0.39 is 31.2 Å². The fourth-order valence-corrected chi connectivity index (χ4v) is 5.26. The molecule has 0 bridgehead atoms. The number of ether oxygens (including phenoxy) is 1. The van der Waals surface area contributed by atoms with Crippen molar-refractivity contribution in [2.24, 2.45) is 0 Å². The second-order valence-corrected chi connectivity index (χ2v) is 11.9. The Balaban J connectivity index is 0.00000250. The minimum absolute atomic E-state index is 0. The van der Waals surface area contributed by atoms with Crippen molar-refractivity contribution < 1.29 is 82.7 Å². The number of pyridine rings is 2. The fourth-order valence-electron chi connectivity index (χ4n) is 5.00. The molecule has 1 aromatic carbocycles. The van der Waals surface area contributed by atoms with Crippen LogP contribution in [0.25, 0.3) is 38.9 Å². The van der Waals surface area contributed by atoms with Gasteiger partial charge in [-0.15, -0.1) is 0 Å². The number of rotatable bonds is 7. The molecule has 1 fully saturated rings. The zero-order chi connectivity index (χ0) is 31.9. The van der Waals surface area contributed by atoms with Crippen molar-refractivity contribution in [1.29, 1.82) is 5.26 Å². The number of phosphoric ester groups is 1. The van der Waals surface area contributed by atoms with E-state index in [-0.39, 0.29) is 81.2 Å². The fraction of sp³-hybridized carbons (Fsp3) is 0.276. The second kappa shape index (κ2) is 14.7. The van der Waals surface area contributed by atoms with E-state index in [0.717, 1.165) is 0 Å². The van der Waals surface area contributed by atoms with Crippen LogP contribution in [0.1, 0.15) is 19.4 Å². The third-order valence-electron chi connectivity index (χ3n) is 7.51. The molecule has 230 valence electrons. The number of benzene rings is 1. The molecule has 0 aliphatic carbocycles. The van der Waals surface area contributed by atoms with E-state index in [1.807, 2.05) is 4.90 Å². The van der Waals surface area contributed by atoms with Crippen LogP contribution in [0.5, 0.6) is 0 Å². The molecule has 1 aliphatic rings. The maximum atomic E-state index is 13.9. The number of nitrogens with zero attached hydrogens (tertiary/aromatic N) is 8. The van der Waals surface area contributed by atoms with E-state index in [4.69, 9.17) is 9.72 Å². The topological polar surface area (TPSA) is 204 Å². The summed E-state index contributed by atoms with van der Waals surface area (Å²) in [5.74, 6) is 0.551. The molecule has 0 amide bonds. The zero-order valence-corrected chi connectivity index (χ0v) is 31.0. The summed E-state index contributed by atoms with van der Waals surface area (Å²) in [4.78, 5) is 69.9. The number of morpholine rings is 1. The summed E-state index contributed by atoms with van der Waals surface area (Å²) in [5.41, 5.74) is -0.0997. The molecular formula is C29H25N8Na2O7P. The Kier molecular flexibility index (Phi) is 11.6. The molecular weight excluding hydrogens is 649 g/mol. The molecule has 6 rings (SSSR count). The zero-order valence-electron chi connectivity index (χ0n) is 26.1.